The second kappa shape index (κ2) is 9.30. The van der Waals surface area contributed by atoms with Crippen LogP contribution in [0.15, 0.2) is 48.5 Å². The molecule has 8 nitrogen and oxygen atoms in total. The molecule has 10 heteroatoms. The zero-order valence-electron chi connectivity index (χ0n) is 19.3. The van der Waals surface area contributed by atoms with Crippen LogP contribution in [0.1, 0.15) is 48.8 Å². The summed E-state index contributed by atoms with van der Waals surface area (Å²) in [6.45, 7) is 0.364. The number of aromatic nitrogens is 3. The second-order valence-electron chi connectivity index (χ2n) is 9.05. The maximum Gasteiger partial charge on any atom is 0.282 e. The van der Waals surface area contributed by atoms with E-state index in [1.807, 2.05) is 53.1 Å². The van der Waals surface area contributed by atoms with E-state index in [9.17, 15) is 8.42 Å². The number of hydrogen-bond donors (Lipinski definition) is 0. The van der Waals surface area contributed by atoms with Gasteiger partial charge < -0.3 is 4.74 Å². The first kappa shape index (κ1) is 23.3. The van der Waals surface area contributed by atoms with E-state index in [0.29, 0.717) is 10.8 Å². The third-order valence-corrected chi connectivity index (χ3v) is 8.64. The lowest BCUT2D eigenvalue weighted by atomic mass is 9.86. The molecule has 1 fully saturated rings. The Morgan fingerprint density at radius 2 is 1.74 bits per heavy atom. The fourth-order valence-corrected chi connectivity index (χ4v) is 6.02. The third-order valence-electron chi connectivity index (χ3n) is 6.58. The number of rotatable bonds is 5. The van der Waals surface area contributed by atoms with Gasteiger partial charge in [0.2, 0.25) is 0 Å². The van der Waals surface area contributed by atoms with Crippen LogP contribution in [-0.4, -0.2) is 52.0 Å². The van der Waals surface area contributed by atoms with Gasteiger partial charge in [0.25, 0.3) is 10.2 Å². The summed E-state index contributed by atoms with van der Waals surface area (Å²) in [5.41, 5.74) is 1.72. The number of ether oxygens (including phenoxy) is 1. The smallest absolute Gasteiger partial charge is 0.282 e. The molecule has 34 heavy (non-hydrogen) atoms. The van der Waals surface area contributed by atoms with Gasteiger partial charge in [0.05, 0.1) is 18.3 Å². The third kappa shape index (κ3) is 4.45. The van der Waals surface area contributed by atoms with Crippen LogP contribution < -0.4 is 4.74 Å². The van der Waals surface area contributed by atoms with Crippen molar-refractivity contribution in [3.63, 3.8) is 0 Å². The molecule has 0 radical (unpaired) electrons. The maximum absolute atomic E-state index is 13.0. The van der Waals surface area contributed by atoms with Crippen LogP contribution in [0.25, 0.3) is 5.69 Å². The summed E-state index contributed by atoms with van der Waals surface area (Å²) in [5, 5.41) is 9.57. The monoisotopic (exact) mass is 501 g/mol. The van der Waals surface area contributed by atoms with Crippen molar-refractivity contribution in [3.8, 4) is 11.4 Å². The molecule has 180 valence electrons. The Hall–Kier alpha value is -2.46. The Morgan fingerprint density at radius 3 is 2.44 bits per heavy atom. The molecular weight excluding hydrogens is 474 g/mol. The minimum absolute atomic E-state index is 0.145. The van der Waals surface area contributed by atoms with E-state index in [0.717, 1.165) is 48.5 Å². The summed E-state index contributed by atoms with van der Waals surface area (Å²) in [4.78, 5) is 0. The molecule has 0 N–H and O–H groups in total. The van der Waals surface area contributed by atoms with Crippen LogP contribution in [0.3, 0.4) is 0 Å². The fourth-order valence-electron chi connectivity index (χ4n) is 4.79. The molecule has 1 aliphatic carbocycles. The highest BCUT2D eigenvalue weighted by atomic mass is 35.5. The largest absolute Gasteiger partial charge is 0.490 e. The Bertz CT molecular complexity index is 1270. The molecule has 3 aromatic rings. The number of hydrogen-bond acceptors (Lipinski definition) is 5. The van der Waals surface area contributed by atoms with Crippen molar-refractivity contribution in [1.29, 1.82) is 0 Å². The molecule has 0 unspecified atom stereocenters. The van der Waals surface area contributed by atoms with Gasteiger partial charge in [-0.2, -0.15) is 17.0 Å². The van der Waals surface area contributed by atoms with Crippen molar-refractivity contribution in [1.82, 2.24) is 23.4 Å². The lowest BCUT2D eigenvalue weighted by molar-refractivity contribution is 0.144. The highest BCUT2D eigenvalue weighted by Crippen LogP contribution is 2.37. The normalized spacial score (nSPS) is 21.1. The van der Waals surface area contributed by atoms with Crippen molar-refractivity contribution in [3.05, 3.63) is 70.8 Å². The number of para-hydroxylation sites is 1. The summed E-state index contributed by atoms with van der Waals surface area (Å²) < 4.78 is 36.8. The van der Waals surface area contributed by atoms with Gasteiger partial charge in [0.15, 0.2) is 5.82 Å². The molecule has 0 amide bonds. The van der Waals surface area contributed by atoms with Crippen LogP contribution in [0.4, 0.5) is 0 Å². The molecule has 1 aliphatic heterocycles. The lowest BCUT2D eigenvalue weighted by Gasteiger charge is -2.29. The zero-order valence-corrected chi connectivity index (χ0v) is 20.8. The summed E-state index contributed by atoms with van der Waals surface area (Å²) in [6, 6.07) is 15.5. The predicted molar refractivity (Wildman–Crippen MR) is 130 cm³/mol. The van der Waals surface area contributed by atoms with E-state index in [4.69, 9.17) is 16.3 Å². The molecule has 0 bridgehead atoms. The summed E-state index contributed by atoms with van der Waals surface area (Å²) in [5.74, 6) is 2.61. The summed E-state index contributed by atoms with van der Waals surface area (Å²) in [6.07, 6.45) is 3.89. The highest BCUT2D eigenvalue weighted by Gasteiger charge is 2.34. The molecule has 0 saturated heterocycles. The Morgan fingerprint density at radius 1 is 1.00 bits per heavy atom. The van der Waals surface area contributed by atoms with Crippen molar-refractivity contribution in [2.75, 3.05) is 14.1 Å². The molecule has 0 atom stereocenters. The van der Waals surface area contributed by atoms with E-state index in [2.05, 4.69) is 10.2 Å². The van der Waals surface area contributed by atoms with Gasteiger partial charge in [0.1, 0.15) is 11.6 Å². The Kier molecular flexibility index (Phi) is 6.37. The van der Waals surface area contributed by atoms with Gasteiger partial charge in [-0.1, -0.05) is 29.8 Å². The first-order chi connectivity index (χ1) is 16.3. The molecule has 2 aliphatic rings. The molecule has 0 spiro atoms. The van der Waals surface area contributed by atoms with Gasteiger partial charge >= 0.3 is 0 Å². The minimum atomic E-state index is -3.65. The van der Waals surface area contributed by atoms with Crippen molar-refractivity contribution in [2.45, 2.75) is 50.8 Å². The first-order valence-corrected chi connectivity index (χ1v) is 13.2. The first-order valence-electron chi connectivity index (χ1n) is 11.4. The van der Waals surface area contributed by atoms with Crippen LogP contribution >= 0.6 is 11.6 Å². The van der Waals surface area contributed by atoms with Crippen molar-refractivity contribution >= 4 is 21.8 Å². The standard InChI is InChI=1S/C24H28ClN5O3S/c1-28(2)34(31,32)29-15-18-14-19(25)10-13-22(18)30-23(16-29)26-27-24(30)17-8-11-21(12-9-17)33-20-6-4-3-5-7-20/h3-7,10,13-14,17,21H,8-9,11-12,15-16H2,1-2H3. The van der Waals surface area contributed by atoms with E-state index in [-0.39, 0.29) is 25.1 Å². The molecule has 5 rings (SSSR count). The van der Waals surface area contributed by atoms with Crippen molar-refractivity contribution < 1.29 is 13.2 Å². The van der Waals surface area contributed by atoms with E-state index < -0.39 is 10.2 Å². The van der Waals surface area contributed by atoms with Gasteiger partial charge in [-0.05, 0) is 61.6 Å². The minimum Gasteiger partial charge on any atom is -0.490 e. The topological polar surface area (TPSA) is 80.6 Å². The van der Waals surface area contributed by atoms with E-state index >= 15 is 0 Å². The lowest BCUT2D eigenvalue weighted by Crippen LogP contribution is -2.39. The second-order valence-corrected chi connectivity index (χ2v) is 11.6. The Balaban J connectivity index is 1.44. The Labute approximate surface area is 205 Å². The van der Waals surface area contributed by atoms with Gasteiger partial charge in [-0.3, -0.25) is 4.57 Å². The summed E-state index contributed by atoms with van der Waals surface area (Å²) >= 11 is 6.29. The van der Waals surface area contributed by atoms with Crippen LogP contribution in [0.2, 0.25) is 5.02 Å². The van der Waals surface area contributed by atoms with Gasteiger partial charge in [0, 0.05) is 31.6 Å². The molecule has 1 saturated carbocycles. The summed E-state index contributed by atoms with van der Waals surface area (Å²) in [7, 11) is -0.582. The number of halogens is 1. The predicted octanol–water partition coefficient (Wildman–Crippen LogP) is 4.15. The van der Waals surface area contributed by atoms with Crippen LogP contribution in [-0.2, 0) is 23.3 Å². The SMILES string of the molecule is CN(C)S(=O)(=O)N1Cc2cc(Cl)ccc2-n2c(nnc2C2CCC(Oc3ccccc3)CC2)C1. The van der Waals surface area contributed by atoms with E-state index in [1.165, 1.54) is 22.7 Å². The number of nitrogens with zero attached hydrogens (tertiary/aromatic N) is 5. The average molecular weight is 502 g/mol. The molecule has 2 heterocycles. The maximum atomic E-state index is 13.0. The highest BCUT2D eigenvalue weighted by molar-refractivity contribution is 7.86. The van der Waals surface area contributed by atoms with E-state index in [1.54, 1.807) is 0 Å². The zero-order chi connectivity index (χ0) is 23.9. The van der Waals surface area contributed by atoms with Crippen molar-refractivity contribution in [2.24, 2.45) is 0 Å². The molecular formula is C24H28ClN5O3S. The molecule has 1 aromatic heterocycles. The fraction of sp³-hybridized carbons (Fsp3) is 0.417. The average Bonchev–Trinajstić information content (AvgIpc) is 3.15. The van der Waals surface area contributed by atoms with Crippen LogP contribution in [0, 0.1) is 0 Å². The van der Waals surface area contributed by atoms with Gasteiger partial charge in [-0.25, -0.2) is 0 Å². The van der Waals surface area contributed by atoms with Crippen LogP contribution in [0.5, 0.6) is 5.75 Å². The quantitative estimate of drug-likeness (QED) is 0.524. The number of fused-ring (bicyclic) bond motifs is 3. The number of benzene rings is 2. The molecule has 2 aromatic carbocycles. The van der Waals surface area contributed by atoms with Gasteiger partial charge in [-0.15, -0.1) is 10.2 Å².